The van der Waals surface area contributed by atoms with E-state index in [2.05, 4.69) is 35.1 Å². The molecule has 4 aromatic heterocycles. The highest BCUT2D eigenvalue weighted by atomic mass is 16.4. The third-order valence-corrected chi connectivity index (χ3v) is 7.16. The molecule has 2 N–H and O–H groups in total. The molecule has 11 nitrogen and oxygen atoms in total. The summed E-state index contributed by atoms with van der Waals surface area (Å²) < 4.78 is 1.61. The Morgan fingerprint density at radius 1 is 0.814 bits per heavy atom. The van der Waals surface area contributed by atoms with Gasteiger partial charge in [0.2, 0.25) is 0 Å². The van der Waals surface area contributed by atoms with Crippen molar-refractivity contribution in [3.63, 3.8) is 0 Å². The van der Waals surface area contributed by atoms with Crippen LogP contribution in [-0.2, 0) is 37.5 Å². The molecule has 0 aliphatic heterocycles. The fourth-order valence-electron chi connectivity index (χ4n) is 5.08. The van der Waals surface area contributed by atoms with Crippen LogP contribution in [0.2, 0.25) is 5.82 Å². The van der Waals surface area contributed by atoms with E-state index in [1.807, 2.05) is 80.8 Å². The molecule has 0 saturated carbocycles. The topological polar surface area (TPSA) is 133 Å². The number of hydrogen-bond acceptors (Lipinski definition) is 10. The molecule has 1 unspecified atom stereocenters. The Hall–Kier alpha value is -3.84. The monoisotopic (exact) mass is 584 g/mol. The molecule has 0 aliphatic rings. The summed E-state index contributed by atoms with van der Waals surface area (Å²) in [5.41, 5.74) is 3.71. The molecule has 0 saturated heterocycles. The maximum atomic E-state index is 12.9. The first kappa shape index (κ1) is 32.1. The normalized spacial score (nSPS) is 12.3. The number of rotatable bonds is 18. The van der Waals surface area contributed by atoms with Gasteiger partial charge in [-0.3, -0.25) is 29.5 Å². The predicted octanol–water partition coefficient (Wildman–Crippen LogP) is 3.02. The molecule has 12 heteroatoms. The van der Waals surface area contributed by atoms with E-state index in [1.54, 1.807) is 17.1 Å². The Labute approximate surface area is 253 Å². The Morgan fingerprint density at radius 3 is 1.77 bits per heavy atom. The summed E-state index contributed by atoms with van der Waals surface area (Å²) in [5.74, 6) is -0.375. The number of pyridine rings is 3. The average Bonchev–Trinajstić information content (AvgIpc) is 3.42. The van der Waals surface area contributed by atoms with E-state index in [1.165, 1.54) is 0 Å². The van der Waals surface area contributed by atoms with Gasteiger partial charge in [0.15, 0.2) is 5.78 Å². The van der Waals surface area contributed by atoms with Crippen LogP contribution in [-0.4, -0.2) is 75.8 Å². The molecule has 4 rings (SSSR count). The molecular formula is C31H41BN8O3. The number of hydrogen-bond donors (Lipinski definition) is 2. The lowest BCUT2D eigenvalue weighted by atomic mass is 9.66. The van der Waals surface area contributed by atoms with Crippen molar-refractivity contribution < 1.29 is 14.8 Å². The Bertz CT molecular complexity index is 1320. The molecule has 0 spiro atoms. The highest BCUT2D eigenvalue weighted by molar-refractivity contribution is 6.43. The maximum Gasteiger partial charge on any atom is 0.455 e. The molecule has 0 fully saturated rings. The van der Waals surface area contributed by atoms with Gasteiger partial charge in [0, 0.05) is 70.1 Å². The number of carbonyl (C=O) groups is 1. The molecule has 0 amide bonds. The second-order valence-electron chi connectivity index (χ2n) is 11.3. The molecule has 4 heterocycles. The van der Waals surface area contributed by atoms with Gasteiger partial charge in [-0.15, -0.1) is 5.10 Å². The second kappa shape index (κ2) is 16.7. The number of ketones is 1. The zero-order valence-corrected chi connectivity index (χ0v) is 25.0. The van der Waals surface area contributed by atoms with E-state index in [9.17, 15) is 14.8 Å². The van der Waals surface area contributed by atoms with Crippen molar-refractivity contribution in [1.29, 1.82) is 0 Å². The Balaban J connectivity index is 1.47. The summed E-state index contributed by atoms with van der Waals surface area (Å²) in [5, 5.41) is 27.9. The second-order valence-corrected chi connectivity index (χ2v) is 11.3. The van der Waals surface area contributed by atoms with Gasteiger partial charge in [-0.05, 0) is 48.7 Å². The first-order valence-electron chi connectivity index (χ1n) is 14.8. The zero-order valence-electron chi connectivity index (χ0n) is 25.0. The first-order valence-corrected chi connectivity index (χ1v) is 14.8. The van der Waals surface area contributed by atoms with Crippen molar-refractivity contribution in [1.82, 2.24) is 39.7 Å². The van der Waals surface area contributed by atoms with Crippen molar-refractivity contribution in [3.8, 4) is 0 Å². The molecule has 0 radical (unpaired) electrons. The van der Waals surface area contributed by atoms with Crippen LogP contribution in [0, 0.1) is 5.92 Å². The van der Waals surface area contributed by atoms with Crippen molar-refractivity contribution in [2.75, 3.05) is 13.1 Å². The highest BCUT2D eigenvalue weighted by Gasteiger charge is 2.27. The van der Waals surface area contributed by atoms with Crippen LogP contribution >= 0.6 is 0 Å². The van der Waals surface area contributed by atoms with Gasteiger partial charge in [0.1, 0.15) is 6.54 Å². The van der Waals surface area contributed by atoms with Gasteiger partial charge in [-0.2, -0.15) is 0 Å². The summed E-state index contributed by atoms with van der Waals surface area (Å²) in [7, 11) is -1.53. The molecule has 0 aromatic carbocycles. The van der Waals surface area contributed by atoms with Crippen molar-refractivity contribution in [2.24, 2.45) is 5.92 Å². The van der Waals surface area contributed by atoms with E-state index in [0.29, 0.717) is 39.1 Å². The van der Waals surface area contributed by atoms with Gasteiger partial charge in [-0.1, -0.05) is 37.3 Å². The van der Waals surface area contributed by atoms with E-state index in [0.717, 1.165) is 29.3 Å². The lowest BCUT2D eigenvalue weighted by molar-refractivity contribution is -0.120. The Morgan fingerprint density at radius 2 is 1.33 bits per heavy atom. The third-order valence-electron chi connectivity index (χ3n) is 7.16. The third kappa shape index (κ3) is 11.1. The number of carbonyl (C=O) groups excluding carboxylic acids is 1. The number of nitrogens with zero attached hydrogens (tertiary/aromatic N) is 8. The lowest BCUT2D eigenvalue weighted by Gasteiger charge is -2.27. The summed E-state index contributed by atoms with van der Waals surface area (Å²) in [6, 6.07) is 17.8. The summed E-state index contributed by atoms with van der Waals surface area (Å²) in [6.45, 7) is 7.95. The largest absolute Gasteiger partial charge is 0.455 e. The van der Waals surface area contributed by atoms with Crippen LogP contribution in [0.25, 0.3) is 0 Å². The van der Waals surface area contributed by atoms with Crippen LogP contribution in [0.4, 0.5) is 0 Å². The molecule has 43 heavy (non-hydrogen) atoms. The summed E-state index contributed by atoms with van der Waals surface area (Å²) >= 11 is 0. The van der Waals surface area contributed by atoms with Crippen LogP contribution in [0.1, 0.15) is 49.5 Å². The Kier molecular flexibility index (Phi) is 12.5. The number of Topliss-reactive ketones (excluding diaryl/α,β-unsaturated/α-hetero) is 1. The standard InChI is InChI=1S/C31H41BN8O3/c1-25(2)17-26(32(42)43)18-31(41)24-40-30(19-36-37-40)23-39(22-29-11-5-8-14-35-29)16-15-38(20-27-9-3-6-12-33-27)21-28-10-4-7-13-34-28/h3-14,19,25-26,42-43H,15-18,20-24H2,1-2H3. The minimum absolute atomic E-state index is 0.0273. The van der Waals surface area contributed by atoms with E-state index in [-0.39, 0.29) is 24.7 Å². The van der Waals surface area contributed by atoms with Crippen LogP contribution in [0.3, 0.4) is 0 Å². The first-order chi connectivity index (χ1) is 20.9. The summed E-state index contributed by atoms with van der Waals surface area (Å²) in [6.07, 6.45) is 7.72. The van der Waals surface area contributed by atoms with Gasteiger partial charge in [0.25, 0.3) is 0 Å². The van der Waals surface area contributed by atoms with Gasteiger partial charge < -0.3 is 10.0 Å². The fourth-order valence-corrected chi connectivity index (χ4v) is 5.08. The smallest absolute Gasteiger partial charge is 0.427 e. The van der Waals surface area contributed by atoms with Crippen LogP contribution in [0.5, 0.6) is 0 Å². The molecule has 1 atom stereocenters. The molecule has 0 bridgehead atoms. The van der Waals surface area contributed by atoms with Crippen LogP contribution < -0.4 is 0 Å². The summed E-state index contributed by atoms with van der Waals surface area (Å²) in [4.78, 5) is 31.1. The molecule has 0 aliphatic carbocycles. The van der Waals surface area contributed by atoms with Gasteiger partial charge in [0.05, 0.1) is 29.0 Å². The fraction of sp³-hybridized carbons (Fsp3) is 0.419. The molecule has 226 valence electrons. The molecule has 4 aromatic rings. The van der Waals surface area contributed by atoms with Gasteiger partial charge >= 0.3 is 7.12 Å². The average molecular weight is 585 g/mol. The van der Waals surface area contributed by atoms with E-state index in [4.69, 9.17) is 0 Å². The predicted molar refractivity (Wildman–Crippen MR) is 164 cm³/mol. The van der Waals surface area contributed by atoms with Gasteiger partial charge in [-0.25, -0.2) is 4.68 Å². The van der Waals surface area contributed by atoms with Crippen molar-refractivity contribution in [2.45, 2.75) is 65.2 Å². The zero-order chi connectivity index (χ0) is 30.4. The SMILES string of the molecule is CC(C)CC(CC(=O)Cn1nncc1CN(CCN(Cc1ccccn1)Cc1ccccn1)Cc1ccccn1)B(O)O. The van der Waals surface area contributed by atoms with E-state index >= 15 is 0 Å². The quantitative estimate of drug-likeness (QED) is 0.168. The van der Waals surface area contributed by atoms with E-state index < -0.39 is 12.9 Å². The highest BCUT2D eigenvalue weighted by Crippen LogP contribution is 2.23. The van der Waals surface area contributed by atoms with Crippen LogP contribution in [0.15, 0.2) is 79.4 Å². The maximum absolute atomic E-state index is 12.9. The minimum atomic E-state index is -1.53. The number of aromatic nitrogens is 6. The molecular weight excluding hydrogens is 543 g/mol. The van der Waals surface area contributed by atoms with Crippen molar-refractivity contribution >= 4 is 12.9 Å². The lowest BCUT2D eigenvalue weighted by Crippen LogP contribution is -2.35. The minimum Gasteiger partial charge on any atom is -0.427 e. The van der Waals surface area contributed by atoms with Crippen molar-refractivity contribution in [3.05, 3.63) is 102 Å².